The number of amides is 1. The molecule has 6 nitrogen and oxygen atoms in total. The molecule has 3 aromatic rings. The molecule has 0 aromatic carbocycles. The number of carbonyl (C=O) groups is 1. The number of nitrogens with zero attached hydrogens (tertiary/aromatic N) is 2. The number of aromatic nitrogens is 2. The summed E-state index contributed by atoms with van der Waals surface area (Å²) in [7, 11) is 1.56. The topological polar surface area (TPSA) is 77.2 Å². The fourth-order valence-electron chi connectivity index (χ4n) is 1.62. The van der Waals surface area contributed by atoms with Crippen LogP contribution in [0.3, 0.4) is 0 Å². The predicted octanol–water partition coefficient (Wildman–Crippen LogP) is 2.80. The van der Waals surface area contributed by atoms with Gasteiger partial charge in [-0.1, -0.05) is 5.16 Å². The summed E-state index contributed by atoms with van der Waals surface area (Å²) in [5.41, 5.74) is 0.882. The molecule has 0 radical (unpaired) electrons. The number of methoxy groups -OCH3 is 1. The van der Waals surface area contributed by atoms with Crippen molar-refractivity contribution in [2.45, 2.75) is 6.54 Å². The van der Waals surface area contributed by atoms with Crippen LogP contribution in [0, 0.1) is 0 Å². The molecule has 0 unspecified atom stereocenters. The van der Waals surface area contributed by atoms with Gasteiger partial charge < -0.3 is 14.6 Å². The molecule has 0 atom stereocenters. The maximum atomic E-state index is 11.9. The van der Waals surface area contributed by atoms with E-state index in [0.717, 1.165) is 5.56 Å². The van der Waals surface area contributed by atoms with E-state index in [0.29, 0.717) is 22.3 Å². The van der Waals surface area contributed by atoms with Gasteiger partial charge in [-0.3, -0.25) is 4.79 Å². The van der Waals surface area contributed by atoms with E-state index in [1.165, 1.54) is 11.3 Å². The lowest BCUT2D eigenvalue weighted by Crippen LogP contribution is -2.22. The van der Waals surface area contributed by atoms with Crippen molar-refractivity contribution in [2.24, 2.45) is 0 Å². The van der Waals surface area contributed by atoms with Crippen molar-refractivity contribution in [1.82, 2.24) is 15.5 Å². The molecule has 1 N–H and O–H groups in total. The highest BCUT2D eigenvalue weighted by atomic mass is 32.1. The number of hydrogen-bond acceptors (Lipinski definition) is 7. The van der Waals surface area contributed by atoms with Crippen LogP contribution < -0.4 is 10.1 Å². The summed E-state index contributed by atoms with van der Waals surface area (Å²) >= 11 is 2.88. The zero-order chi connectivity index (χ0) is 14.7. The smallest absolute Gasteiger partial charge is 0.261 e. The molecule has 0 fully saturated rings. The van der Waals surface area contributed by atoms with Gasteiger partial charge in [0.1, 0.15) is 5.75 Å². The van der Waals surface area contributed by atoms with Crippen LogP contribution in [-0.4, -0.2) is 23.2 Å². The quantitative estimate of drug-likeness (QED) is 0.782. The van der Waals surface area contributed by atoms with Gasteiger partial charge in [-0.25, -0.2) is 0 Å². The fourth-order valence-corrected chi connectivity index (χ4v) is 3.02. The molecule has 0 bridgehead atoms. The molecule has 0 aliphatic carbocycles. The second-order valence-electron chi connectivity index (χ2n) is 4.06. The van der Waals surface area contributed by atoms with Crippen LogP contribution >= 0.6 is 22.7 Å². The maximum absolute atomic E-state index is 11.9. The lowest BCUT2D eigenvalue weighted by molar-refractivity contribution is 0.0953. The van der Waals surface area contributed by atoms with Crippen LogP contribution in [0.4, 0.5) is 0 Å². The van der Waals surface area contributed by atoms with Gasteiger partial charge >= 0.3 is 0 Å². The number of thiophene rings is 2. The minimum atomic E-state index is -0.190. The molecule has 0 aliphatic heterocycles. The number of hydrogen-bond donors (Lipinski definition) is 1. The Bertz CT molecular complexity index is 734. The van der Waals surface area contributed by atoms with Crippen LogP contribution in [0.5, 0.6) is 5.75 Å². The summed E-state index contributed by atoms with van der Waals surface area (Å²) in [6.07, 6.45) is 0. The Labute approximate surface area is 128 Å². The Balaban J connectivity index is 1.61. The zero-order valence-corrected chi connectivity index (χ0v) is 12.7. The largest absolute Gasteiger partial charge is 0.496 e. The Kier molecular flexibility index (Phi) is 3.98. The van der Waals surface area contributed by atoms with Gasteiger partial charge in [0.15, 0.2) is 5.82 Å². The molecule has 3 aromatic heterocycles. The molecular formula is C13H11N3O3S2. The van der Waals surface area contributed by atoms with Gasteiger partial charge in [0.05, 0.1) is 24.1 Å². The first-order valence-electron chi connectivity index (χ1n) is 6.02. The van der Waals surface area contributed by atoms with E-state index in [4.69, 9.17) is 9.26 Å². The second-order valence-corrected chi connectivity index (χ2v) is 5.75. The third-order valence-corrected chi connectivity index (χ3v) is 4.27. The summed E-state index contributed by atoms with van der Waals surface area (Å²) in [6.45, 7) is 0.215. The second kappa shape index (κ2) is 6.06. The molecule has 1 amide bonds. The first-order valence-corrected chi connectivity index (χ1v) is 7.84. The van der Waals surface area contributed by atoms with Crippen molar-refractivity contribution in [3.8, 4) is 17.2 Å². The average Bonchev–Trinajstić information content (AvgIpc) is 3.24. The Morgan fingerprint density at radius 1 is 1.48 bits per heavy atom. The van der Waals surface area contributed by atoms with Crippen molar-refractivity contribution in [2.75, 3.05) is 7.11 Å². The van der Waals surface area contributed by atoms with E-state index in [2.05, 4.69) is 15.5 Å². The summed E-state index contributed by atoms with van der Waals surface area (Å²) in [5, 5.41) is 12.2. The van der Waals surface area contributed by atoms with Gasteiger partial charge in [-0.05, 0) is 11.4 Å². The highest BCUT2D eigenvalue weighted by molar-refractivity contribution is 7.12. The molecular weight excluding hydrogens is 310 g/mol. The van der Waals surface area contributed by atoms with E-state index in [-0.39, 0.29) is 12.5 Å². The van der Waals surface area contributed by atoms with Gasteiger partial charge in [-0.15, -0.1) is 11.3 Å². The summed E-state index contributed by atoms with van der Waals surface area (Å²) < 4.78 is 10.2. The minimum absolute atomic E-state index is 0.190. The highest BCUT2D eigenvalue weighted by Crippen LogP contribution is 2.21. The number of nitrogens with one attached hydrogen (secondary N) is 1. The molecule has 21 heavy (non-hydrogen) atoms. The summed E-state index contributed by atoms with van der Waals surface area (Å²) in [5.74, 6) is 1.38. The van der Waals surface area contributed by atoms with Crippen molar-refractivity contribution in [3.63, 3.8) is 0 Å². The van der Waals surface area contributed by atoms with Gasteiger partial charge in [0, 0.05) is 16.8 Å². The SMILES string of the molecule is COc1csc(C(=O)NCc2noc(-c3ccsc3)n2)c1. The fraction of sp³-hybridized carbons (Fsp3) is 0.154. The first kappa shape index (κ1) is 13.8. The number of carbonyl (C=O) groups excluding carboxylic acids is 1. The molecule has 3 heterocycles. The molecule has 0 saturated carbocycles. The highest BCUT2D eigenvalue weighted by Gasteiger charge is 2.12. The van der Waals surface area contributed by atoms with E-state index < -0.39 is 0 Å². The first-order chi connectivity index (χ1) is 10.3. The van der Waals surface area contributed by atoms with Crippen molar-refractivity contribution in [3.05, 3.63) is 39.0 Å². The summed E-state index contributed by atoms with van der Waals surface area (Å²) in [4.78, 5) is 16.8. The number of rotatable bonds is 5. The van der Waals surface area contributed by atoms with Crippen LogP contribution in [0.1, 0.15) is 15.5 Å². The molecule has 0 spiro atoms. The lowest BCUT2D eigenvalue weighted by Gasteiger charge is -1.98. The van der Waals surface area contributed by atoms with E-state index in [1.54, 1.807) is 29.9 Å². The summed E-state index contributed by atoms with van der Waals surface area (Å²) in [6, 6.07) is 3.59. The van der Waals surface area contributed by atoms with Crippen LogP contribution in [0.25, 0.3) is 11.5 Å². The normalized spacial score (nSPS) is 10.5. The minimum Gasteiger partial charge on any atom is -0.496 e. The Hall–Kier alpha value is -2.19. The average molecular weight is 321 g/mol. The monoisotopic (exact) mass is 321 g/mol. The molecule has 108 valence electrons. The molecule has 0 aliphatic rings. The molecule has 8 heteroatoms. The number of ether oxygens (including phenoxy) is 1. The van der Waals surface area contributed by atoms with Crippen molar-refractivity contribution in [1.29, 1.82) is 0 Å². The van der Waals surface area contributed by atoms with Gasteiger partial charge in [0.25, 0.3) is 11.8 Å². The van der Waals surface area contributed by atoms with Gasteiger partial charge in [-0.2, -0.15) is 16.3 Å². The molecule has 0 saturated heterocycles. The third-order valence-electron chi connectivity index (χ3n) is 2.68. The third kappa shape index (κ3) is 3.11. The van der Waals surface area contributed by atoms with Crippen molar-refractivity contribution >= 4 is 28.6 Å². The maximum Gasteiger partial charge on any atom is 0.261 e. The van der Waals surface area contributed by atoms with Crippen LogP contribution in [-0.2, 0) is 6.54 Å². The van der Waals surface area contributed by atoms with Crippen LogP contribution in [0.15, 0.2) is 32.8 Å². The lowest BCUT2D eigenvalue weighted by atomic mass is 10.3. The predicted molar refractivity (Wildman–Crippen MR) is 79.7 cm³/mol. The van der Waals surface area contributed by atoms with E-state index in [9.17, 15) is 4.79 Å². The standard InChI is InChI=1S/C13H11N3O3S2/c1-18-9-4-10(21-7-9)12(17)14-5-11-15-13(19-16-11)8-2-3-20-6-8/h2-4,6-7H,5H2,1H3,(H,14,17). The van der Waals surface area contributed by atoms with Crippen molar-refractivity contribution < 1.29 is 14.1 Å². The zero-order valence-electron chi connectivity index (χ0n) is 11.0. The van der Waals surface area contributed by atoms with Gasteiger partial charge in [0.2, 0.25) is 0 Å². The Morgan fingerprint density at radius 3 is 3.10 bits per heavy atom. The van der Waals surface area contributed by atoms with E-state index >= 15 is 0 Å². The molecule has 3 rings (SSSR count). The van der Waals surface area contributed by atoms with Crippen LogP contribution in [0.2, 0.25) is 0 Å². The van der Waals surface area contributed by atoms with E-state index in [1.807, 2.05) is 16.8 Å². The Morgan fingerprint density at radius 2 is 2.38 bits per heavy atom.